The van der Waals surface area contributed by atoms with Crippen molar-refractivity contribution in [3.8, 4) is 5.75 Å². The van der Waals surface area contributed by atoms with E-state index in [4.69, 9.17) is 10.5 Å². The smallest absolute Gasteiger partial charge is 0.142 e. The molecule has 3 nitrogen and oxygen atoms in total. The SMILES string of the molecule is CCc1ccc(OC)c(N(C)C(C)(C)CCN)c1. The lowest BCUT2D eigenvalue weighted by Gasteiger charge is -2.38. The second-order valence-electron chi connectivity index (χ2n) is 5.27. The minimum absolute atomic E-state index is 0.0222. The van der Waals surface area contributed by atoms with E-state index in [-0.39, 0.29) is 5.54 Å². The monoisotopic (exact) mass is 250 g/mol. The van der Waals surface area contributed by atoms with Crippen molar-refractivity contribution in [1.82, 2.24) is 0 Å². The van der Waals surface area contributed by atoms with E-state index in [1.165, 1.54) is 5.56 Å². The van der Waals surface area contributed by atoms with Crippen LogP contribution in [0.1, 0.15) is 32.8 Å². The number of aryl methyl sites for hydroxylation is 1. The number of nitrogens with zero attached hydrogens (tertiary/aromatic N) is 1. The van der Waals surface area contributed by atoms with Crippen LogP contribution in [0.4, 0.5) is 5.69 Å². The second-order valence-corrected chi connectivity index (χ2v) is 5.27. The highest BCUT2D eigenvalue weighted by atomic mass is 16.5. The summed E-state index contributed by atoms with van der Waals surface area (Å²) in [4.78, 5) is 2.26. The summed E-state index contributed by atoms with van der Waals surface area (Å²) in [6, 6.07) is 6.37. The van der Waals surface area contributed by atoms with Gasteiger partial charge in [0.2, 0.25) is 0 Å². The predicted molar refractivity (Wildman–Crippen MR) is 78.5 cm³/mol. The van der Waals surface area contributed by atoms with Crippen LogP contribution in [-0.4, -0.2) is 26.2 Å². The first kappa shape index (κ1) is 14.8. The maximum atomic E-state index is 5.70. The third-order valence-electron chi connectivity index (χ3n) is 3.68. The van der Waals surface area contributed by atoms with Gasteiger partial charge in [-0.2, -0.15) is 0 Å². The Bertz CT molecular complexity index is 388. The Morgan fingerprint density at radius 1 is 1.33 bits per heavy atom. The fourth-order valence-electron chi connectivity index (χ4n) is 2.06. The van der Waals surface area contributed by atoms with Gasteiger partial charge in [0, 0.05) is 12.6 Å². The maximum absolute atomic E-state index is 5.70. The third-order valence-corrected chi connectivity index (χ3v) is 3.68. The molecule has 0 aliphatic carbocycles. The molecule has 0 fully saturated rings. The molecule has 102 valence electrons. The summed E-state index contributed by atoms with van der Waals surface area (Å²) in [6.45, 7) is 7.26. The molecule has 3 heteroatoms. The lowest BCUT2D eigenvalue weighted by atomic mass is 9.97. The van der Waals surface area contributed by atoms with Crippen molar-refractivity contribution in [1.29, 1.82) is 0 Å². The van der Waals surface area contributed by atoms with Crippen LogP contribution in [0.3, 0.4) is 0 Å². The molecule has 0 aliphatic heterocycles. The Labute approximate surface area is 111 Å². The first-order chi connectivity index (χ1) is 8.46. The van der Waals surface area contributed by atoms with Gasteiger partial charge in [-0.25, -0.2) is 0 Å². The van der Waals surface area contributed by atoms with Gasteiger partial charge < -0.3 is 15.4 Å². The topological polar surface area (TPSA) is 38.5 Å². The van der Waals surface area contributed by atoms with Crippen LogP contribution in [0.15, 0.2) is 18.2 Å². The van der Waals surface area contributed by atoms with Crippen LogP contribution >= 0.6 is 0 Å². The molecular formula is C15H26N2O. The van der Waals surface area contributed by atoms with Crippen LogP contribution in [0.2, 0.25) is 0 Å². The van der Waals surface area contributed by atoms with Gasteiger partial charge in [-0.1, -0.05) is 13.0 Å². The number of methoxy groups -OCH3 is 1. The van der Waals surface area contributed by atoms with Crippen molar-refractivity contribution in [2.45, 2.75) is 39.2 Å². The zero-order valence-corrected chi connectivity index (χ0v) is 12.3. The number of hydrogen-bond acceptors (Lipinski definition) is 3. The maximum Gasteiger partial charge on any atom is 0.142 e. The molecule has 0 unspecified atom stereocenters. The summed E-state index contributed by atoms with van der Waals surface area (Å²) in [5.41, 5.74) is 8.18. The van der Waals surface area contributed by atoms with E-state index < -0.39 is 0 Å². The lowest BCUT2D eigenvalue weighted by Crippen LogP contribution is -2.43. The van der Waals surface area contributed by atoms with Gasteiger partial charge in [0.15, 0.2) is 0 Å². The van der Waals surface area contributed by atoms with Crippen molar-refractivity contribution < 1.29 is 4.74 Å². The molecule has 0 heterocycles. The fourth-order valence-corrected chi connectivity index (χ4v) is 2.06. The molecule has 0 radical (unpaired) electrons. The van der Waals surface area contributed by atoms with Crippen LogP contribution in [-0.2, 0) is 6.42 Å². The number of benzene rings is 1. The van der Waals surface area contributed by atoms with Gasteiger partial charge in [-0.05, 0) is 50.9 Å². The van der Waals surface area contributed by atoms with E-state index in [1.54, 1.807) is 7.11 Å². The highest BCUT2D eigenvalue weighted by molar-refractivity contribution is 5.61. The molecule has 0 spiro atoms. The van der Waals surface area contributed by atoms with Gasteiger partial charge in [-0.3, -0.25) is 0 Å². The molecule has 1 rings (SSSR count). The molecule has 1 aromatic carbocycles. The molecule has 0 atom stereocenters. The van der Waals surface area contributed by atoms with Crippen LogP contribution in [0, 0.1) is 0 Å². The van der Waals surface area contributed by atoms with Gasteiger partial charge in [0.25, 0.3) is 0 Å². The molecular weight excluding hydrogens is 224 g/mol. The average Bonchev–Trinajstić information content (AvgIpc) is 2.37. The van der Waals surface area contributed by atoms with E-state index in [1.807, 2.05) is 6.07 Å². The normalized spacial score (nSPS) is 11.4. The quantitative estimate of drug-likeness (QED) is 0.843. The molecule has 0 saturated heterocycles. The minimum Gasteiger partial charge on any atom is -0.495 e. The van der Waals surface area contributed by atoms with Crippen molar-refractivity contribution in [2.75, 3.05) is 25.6 Å². The van der Waals surface area contributed by atoms with Gasteiger partial charge >= 0.3 is 0 Å². The number of rotatable bonds is 6. The molecule has 0 bridgehead atoms. The third kappa shape index (κ3) is 3.16. The van der Waals surface area contributed by atoms with Crippen LogP contribution < -0.4 is 15.4 Å². The summed E-state index contributed by atoms with van der Waals surface area (Å²) in [7, 11) is 3.82. The summed E-state index contributed by atoms with van der Waals surface area (Å²) in [6.07, 6.45) is 1.98. The van der Waals surface area contributed by atoms with Crippen LogP contribution in [0.25, 0.3) is 0 Å². The van der Waals surface area contributed by atoms with Crippen molar-refractivity contribution in [2.24, 2.45) is 5.73 Å². The average molecular weight is 250 g/mol. The minimum atomic E-state index is 0.0222. The zero-order chi connectivity index (χ0) is 13.8. The highest BCUT2D eigenvalue weighted by Gasteiger charge is 2.25. The summed E-state index contributed by atoms with van der Waals surface area (Å²) in [5, 5.41) is 0. The Morgan fingerprint density at radius 2 is 2.00 bits per heavy atom. The Kier molecular flexibility index (Phi) is 5.03. The van der Waals surface area contributed by atoms with Crippen molar-refractivity contribution >= 4 is 5.69 Å². The number of nitrogens with two attached hydrogens (primary N) is 1. The van der Waals surface area contributed by atoms with E-state index in [2.05, 4.69) is 44.9 Å². The molecule has 1 aromatic rings. The summed E-state index contributed by atoms with van der Waals surface area (Å²) < 4.78 is 5.47. The molecule has 2 N–H and O–H groups in total. The highest BCUT2D eigenvalue weighted by Crippen LogP contribution is 2.33. The Morgan fingerprint density at radius 3 is 2.50 bits per heavy atom. The number of ether oxygens (including phenoxy) is 1. The first-order valence-corrected chi connectivity index (χ1v) is 6.57. The second kappa shape index (κ2) is 6.10. The molecule has 0 saturated carbocycles. The zero-order valence-electron chi connectivity index (χ0n) is 12.3. The van der Waals surface area contributed by atoms with E-state index in [9.17, 15) is 0 Å². The molecule has 18 heavy (non-hydrogen) atoms. The van der Waals surface area contributed by atoms with E-state index >= 15 is 0 Å². The summed E-state index contributed by atoms with van der Waals surface area (Å²) in [5.74, 6) is 0.916. The van der Waals surface area contributed by atoms with Crippen molar-refractivity contribution in [3.05, 3.63) is 23.8 Å². The van der Waals surface area contributed by atoms with Crippen LogP contribution in [0.5, 0.6) is 5.75 Å². The van der Waals surface area contributed by atoms with Gasteiger partial charge in [0.1, 0.15) is 5.75 Å². The summed E-state index contributed by atoms with van der Waals surface area (Å²) >= 11 is 0. The van der Waals surface area contributed by atoms with E-state index in [0.717, 1.165) is 24.3 Å². The standard InChI is InChI=1S/C15H26N2O/c1-6-12-7-8-14(18-5)13(11-12)17(4)15(2,3)9-10-16/h7-8,11H,6,9-10,16H2,1-5H3. The van der Waals surface area contributed by atoms with Gasteiger partial charge in [-0.15, -0.1) is 0 Å². The molecule has 0 aromatic heterocycles. The number of hydrogen-bond donors (Lipinski definition) is 1. The fraction of sp³-hybridized carbons (Fsp3) is 0.600. The Hall–Kier alpha value is -1.22. The molecule has 0 amide bonds. The lowest BCUT2D eigenvalue weighted by molar-refractivity contribution is 0.403. The Balaban J connectivity index is 3.13. The van der Waals surface area contributed by atoms with E-state index in [0.29, 0.717) is 6.54 Å². The van der Waals surface area contributed by atoms with Gasteiger partial charge in [0.05, 0.1) is 12.8 Å². The number of anilines is 1. The molecule has 0 aliphatic rings. The van der Waals surface area contributed by atoms with Crippen molar-refractivity contribution in [3.63, 3.8) is 0 Å². The largest absolute Gasteiger partial charge is 0.495 e. The predicted octanol–water partition coefficient (Wildman–Crippen LogP) is 2.82. The first-order valence-electron chi connectivity index (χ1n) is 6.57.